The van der Waals surface area contributed by atoms with Gasteiger partial charge in [0.1, 0.15) is 0 Å². The van der Waals surface area contributed by atoms with Crippen molar-refractivity contribution >= 4 is 5.69 Å². The second-order valence-electron chi connectivity index (χ2n) is 7.49. The van der Waals surface area contributed by atoms with Crippen molar-refractivity contribution in [3.63, 3.8) is 0 Å². The predicted molar refractivity (Wildman–Crippen MR) is 103 cm³/mol. The number of nitrogens with zero attached hydrogens (tertiary/aromatic N) is 2. The molecule has 0 saturated carbocycles. The number of hydrogen-bond donors (Lipinski definition) is 0. The van der Waals surface area contributed by atoms with Crippen LogP contribution in [0.2, 0.25) is 0 Å². The number of allylic oxidation sites excluding steroid dienone is 1. The molecule has 0 N–H and O–H groups in total. The van der Waals surface area contributed by atoms with Crippen LogP contribution in [0, 0.1) is 10.1 Å². The zero-order valence-electron chi connectivity index (χ0n) is 15.6. The van der Waals surface area contributed by atoms with Crippen LogP contribution in [-0.2, 0) is 5.41 Å². The van der Waals surface area contributed by atoms with Crippen molar-refractivity contribution in [1.82, 2.24) is 0 Å². The van der Waals surface area contributed by atoms with E-state index >= 15 is 0 Å². The minimum absolute atomic E-state index is 0.177. The first-order valence-electron chi connectivity index (χ1n) is 8.95. The topological polar surface area (TPSA) is 64.8 Å². The van der Waals surface area contributed by atoms with Crippen molar-refractivity contribution in [1.29, 1.82) is 0 Å². The lowest BCUT2D eigenvalue weighted by Gasteiger charge is -2.26. The molecule has 27 heavy (non-hydrogen) atoms. The molecule has 6 heteroatoms. The highest BCUT2D eigenvalue weighted by Crippen LogP contribution is 2.47. The molecular formula is C21H22N2O4. The normalized spacial score (nSPS) is 19.2. The molecular weight excluding hydrogens is 344 g/mol. The molecule has 2 aromatic carbocycles. The monoisotopic (exact) mass is 366 g/mol. The maximum absolute atomic E-state index is 11.4. The van der Waals surface area contributed by atoms with E-state index in [1.54, 1.807) is 0 Å². The quantitative estimate of drug-likeness (QED) is 0.602. The van der Waals surface area contributed by atoms with Crippen LogP contribution in [0.5, 0.6) is 11.5 Å². The molecule has 0 bridgehead atoms. The molecule has 0 fully saturated rings. The van der Waals surface area contributed by atoms with Crippen molar-refractivity contribution in [2.75, 3.05) is 25.3 Å². The first-order valence-corrected chi connectivity index (χ1v) is 8.95. The highest BCUT2D eigenvalue weighted by Gasteiger charge is 2.39. The summed E-state index contributed by atoms with van der Waals surface area (Å²) in [6.45, 7) is 4.32. The Bertz CT molecular complexity index is 936. The van der Waals surface area contributed by atoms with Gasteiger partial charge in [-0.2, -0.15) is 0 Å². The van der Waals surface area contributed by atoms with Crippen LogP contribution in [0.4, 0.5) is 5.69 Å². The molecule has 4 rings (SSSR count). The van der Waals surface area contributed by atoms with E-state index in [0.717, 1.165) is 16.9 Å². The summed E-state index contributed by atoms with van der Waals surface area (Å²) in [5, 5.41) is 11.4. The lowest BCUT2D eigenvalue weighted by atomic mass is 9.82. The number of para-hydroxylation sites is 1. The van der Waals surface area contributed by atoms with E-state index < -0.39 is 0 Å². The smallest absolute Gasteiger partial charge is 0.231 e. The SMILES string of the molecule is CN1C(=CC(C[N+](=O)[O-])c2ccc3c(c2)OCO3)C(C)(C)c2ccccc21. The molecule has 0 aromatic heterocycles. The molecule has 0 spiro atoms. The van der Waals surface area contributed by atoms with Crippen LogP contribution in [0.15, 0.2) is 54.2 Å². The molecule has 0 amide bonds. The summed E-state index contributed by atoms with van der Waals surface area (Å²) in [5.41, 5.74) is 4.05. The molecule has 2 aliphatic heterocycles. The number of benzene rings is 2. The van der Waals surface area contributed by atoms with E-state index in [1.165, 1.54) is 5.56 Å². The van der Waals surface area contributed by atoms with Gasteiger partial charge in [0, 0.05) is 28.8 Å². The number of hydrogen-bond acceptors (Lipinski definition) is 5. The van der Waals surface area contributed by atoms with Gasteiger partial charge in [-0.3, -0.25) is 10.1 Å². The minimum atomic E-state index is -0.361. The van der Waals surface area contributed by atoms with Gasteiger partial charge in [-0.1, -0.05) is 44.2 Å². The van der Waals surface area contributed by atoms with Crippen LogP contribution in [-0.4, -0.2) is 25.3 Å². The Morgan fingerprint density at radius 2 is 1.96 bits per heavy atom. The summed E-state index contributed by atoms with van der Waals surface area (Å²) in [4.78, 5) is 13.2. The van der Waals surface area contributed by atoms with Crippen molar-refractivity contribution in [3.8, 4) is 11.5 Å². The first-order chi connectivity index (χ1) is 12.9. The fourth-order valence-corrected chi connectivity index (χ4v) is 4.05. The highest BCUT2D eigenvalue weighted by molar-refractivity contribution is 5.70. The Kier molecular flexibility index (Phi) is 4.06. The van der Waals surface area contributed by atoms with Crippen molar-refractivity contribution in [3.05, 3.63) is 75.5 Å². The number of ether oxygens (including phenoxy) is 2. The Morgan fingerprint density at radius 1 is 1.22 bits per heavy atom. The van der Waals surface area contributed by atoms with Crippen molar-refractivity contribution in [2.24, 2.45) is 0 Å². The Morgan fingerprint density at radius 3 is 2.70 bits per heavy atom. The number of likely N-dealkylation sites (N-methyl/N-ethyl adjacent to an activating group) is 1. The van der Waals surface area contributed by atoms with E-state index in [-0.39, 0.29) is 29.6 Å². The number of rotatable bonds is 4. The van der Waals surface area contributed by atoms with Crippen LogP contribution in [0.3, 0.4) is 0 Å². The lowest BCUT2D eigenvalue weighted by Crippen LogP contribution is -2.25. The second-order valence-corrected chi connectivity index (χ2v) is 7.49. The van der Waals surface area contributed by atoms with E-state index in [0.29, 0.717) is 11.5 Å². The lowest BCUT2D eigenvalue weighted by molar-refractivity contribution is -0.481. The van der Waals surface area contributed by atoms with Gasteiger partial charge in [0.2, 0.25) is 13.3 Å². The molecule has 0 radical (unpaired) electrons. The Labute approximate surface area is 158 Å². The van der Waals surface area contributed by atoms with Crippen LogP contribution in [0.1, 0.15) is 30.9 Å². The Balaban J connectivity index is 1.77. The van der Waals surface area contributed by atoms with E-state index in [2.05, 4.69) is 30.9 Å². The number of fused-ring (bicyclic) bond motifs is 2. The van der Waals surface area contributed by atoms with Crippen molar-refractivity contribution < 1.29 is 14.4 Å². The maximum atomic E-state index is 11.4. The maximum Gasteiger partial charge on any atom is 0.231 e. The van der Waals surface area contributed by atoms with Crippen LogP contribution < -0.4 is 14.4 Å². The number of anilines is 1. The molecule has 0 aliphatic carbocycles. The number of nitro groups is 1. The minimum Gasteiger partial charge on any atom is -0.454 e. The van der Waals surface area contributed by atoms with Gasteiger partial charge in [-0.25, -0.2) is 0 Å². The summed E-state index contributed by atoms with van der Waals surface area (Å²) in [6, 6.07) is 13.8. The molecule has 2 aliphatic rings. The molecule has 140 valence electrons. The van der Waals surface area contributed by atoms with E-state index in [4.69, 9.17) is 9.47 Å². The van der Waals surface area contributed by atoms with Crippen molar-refractivity contribution in [2.45, 2.75) is 25.2 Å². The molecule has 6 nitrogen and oxygen atoms in total. The van der Waals surface area contributed by atoms with Gasteiger partial charge < -0.3 is 14.4 Å². The third-order valence-electron chi connectivity index (χ3n) is 5.47. The fourth-order valence-electron chi connectivity index (χ4n) is 4.05. The second kappa shape index (κ2) is 6.30. The standard InChI is InChI=1S/C21H22N2O4/c1-21(2)16-6-4-5-7-17(16)22(3)20(21)11-15(12-23(24)25)14-8-9-18-19(10-14)27-13-26-18/h4-11,15H,12-13H2,1-3H3. The highest BCUT2D eigenvalue weighted by atomic mass is 16.7. The van der Waals surface area contributed by atoms with Gasteiger partial charge in [-0.15, -0.1) is 0 Å². The zero-order valence-corrected chi connectivity index (χ0v) is 15.6. The molecule has 0 saturated heterocycles. The molecule has 2 aromatic rings. The van der Waals surface area contributed by atoms with Crippen LogP contribution in [0.25, 0.3) is 0 Å². The largest absolute Gasteiger partial charge is 0.454 e. The first kappa shape index (κ1) is 17.4. The van der Waals surface area contributed by atoms with Crippen LogP contribution >= 0.6 is 0 Å². The fraction of sp³-hybridized carbons (Fsp3) is 0.333. The summed E-state index contributed by atoms with van der Waals surface area (Å²) >= 11 is 0. The third kappa shape index (κ3) is 2.91. The van der Waals surface area contributed by atoms with Gasteiger partial charge in [0.05, 0.1) is 5.92 Å². The van der Waals surface area contributed by atoms with Gasteiger partial charge >= 0.3 is 0 Å². The third-order valence-corrected chi connectivity index (χ3v) is 5.47. The Hall–Kier alpha value is -3.02. The van der Waals surface area contributed by atoms with Gasteiger partial charge in [-0.05, 0) is 29.3 Å². The summed E-state index contributed by atoms with van der Waals surface area (Å²) in [6.07, 6.45) is 2.03. The average Bonchev–Trinajstić information content (AvgIpc) is 3.18. The predicted octanol–water partition coefficient (Wildman–Crippen LogP) is 4.09. The van der Waals surface area contributed by atoms with Gasteiger partial charge in [0.15, 0.2) is 11.5 Å². The molecule has 1 unspecified atom stereocenters. The van der Waals surface area contributed by atoms with E-state index in [1.807, 2.05) is 43.5 Å². The molecule has 2 heterocycles. The van der Waals surface area contributed by atoms with E-state index in [9.17, 15) is 10.1 Å². The summed E-state index contributed by atoms with van der Waals surface area (Å²) < 4.78 is 10.8. The average molecular weight is 366 g/mol. The zero-order chi connectivity index (χ0) is 19.2. The molecule has 1 atom stereocenters. The summed E-state index contributed by atoms with van der Waals surface area (Å²) in [5.74, 6) is 0.957. The summed E-state index contributed by atoms with van der Waals surface area (Å²) in [7, 11) is 2.02. The van der Waals surface area contributed by atoms with Gasteiger partial charge in [0.25, 0.3) is 0 Å².